The van der Waals surface area contributed by atoms with E-state index >= 15 is 0 Å². The lowest BCUT2D eigenvalue weighted by molar-refractivity contribution is 0.0413. The quantitative estimate of drug-likeness (QED) is 0.648. The third kappa shape index (κ3) is 4.37. The first-order valence-corrected chi connectivity index (χ1v) is 6.14. The molecule has 0 unspecified atom stereocenters. The topological polar surface area (TPSA) is 55.4 Å². The fourth-order valence-electron chi connectivity index (χ4n) is 1.16. The molecule has 0 bridgehead atoms. The summed E-state index contributed by atoms with van der Waals surface area (Å²) >= 11 is 16.7. The molecule has 1 rings (SSSR count). The summed E-state index contributed by atoms with van der Waals surface area (Å²) in [7, 11) is 0. The number of para-hydroxylation sites is 1. The van der Waals surface area contributed by atoms with Crippen molar-refractivity contribution in [1.82, 2.24) is 0 Å². The lowest BCUT2D eigenvalue weighted by Crippen LogP contribution is -2.25. The van der Waals surface area contributed by atoms with Crippen LogP contribution in [0.4, 0.5) is 5.69 Å². The molecule has 1 aromatic carbocycles. The predicted molar refractivity (Wildman–Crippen MR) is 71.2 cm³/mol. The Labute approximate surface area is 119 Å². The van der Waals surface area contributed by atoms with Gasteiger partial charge in [0.1, 0.15) is 0 Å². The van der Waals surface area contributed by atoms with Gasteiger partial charge in [-0.1, -0.05) is 35.3 Å². The second-order valence-corrected chi connectivity index (χ2v) is 4.89. The van der Waals surface area contributed by atoms with Gasteiger partial charge in [-0.3, -0.25) is 4.79 Å². The van der Waals surface area contributed by atoms with Crippen LogP contribution in [0, 0.1) is 0 Å². The highest BCUT2D eigenvalue weighted by Gasteiger charge is 2.29. The van der Waals surface area contributed by atoms with Crippen molar-refractivity contribution in [3.05, 3.63) is 29.8 Å². The highest BCUT2D eigenvalue weighted by molar-refractivity contribution is 6.50. The second kappa shape index (κ2) is 6.83. The zero-order valence-electron chi connectivity index (χ0n) is 9.08. The van der Waals surface area contributed by atoms with Crippen LogP contribution >= 0.6 is 34.8 Å². The molecule has 0 atom stereocenters. The van der Waals surface area contributed by atoms with Gasteiger partial charge in [0.05, 0.1) is 18.0 Å². The van der Waals surface area contributed by atoms with Crippen LogP contribution in [0.2, 0.25) is 0 Å². The van der Waals surface area contributed by atoms with Gasteiger partial charge < -0.3 is 10.1 Å². The highest BCUT2D eigenvalue weighted by Crippen LogP contribution is 2.27. The molecular formula is C11H9Cl3NO3. The van der Waals surface area contributed by atoms with E-state index in [4.69, 9.17) is 39.5 Å². The Morgan fingerprint density at radius 1 is 1.39 bits per heavy atom. The standard InChI is InChI=1S/C11H9Cl3NO3/c12-7-11(13,14)18-10(17)8-3-1-2-4-9(8)15-5-6-16/h1-4,15H,5,7H2. The van der Waals surface area contributed by atoms with Crippen molar-refractivity contribution < 1.29 is 14.3 Å². The molecule has 97 valence electrons. The monoisotopic (exact) mass is 308 g/mol. The third-order valence-electron chi connectivity index (χ3n) is 1.90. The minimum atomic E-state index is -1.79. The first-order valence-electron chi connectivity index (χ1n) is 4.85. The number of rotatable bonds is 6. The molecule has 0 aliphatic heterocycles. The van der Waals surface area contributed by atoms with E-state index in [9.17, 15) is 9.59 Å². The summed E-state index contributed by atoms with van der Waals surface area (Å²) in [5, 5.41) is 2.70. The van der Waals surface area contributed by atoms with Crippen molar-refractivity contribution in [3.63, 3.8) is 0 Å². The number of hydrogen-bond donors (Lipinski definition) is 1. The molecule has 1 N–H and O–H groups in total. The number of carbonyl (C=O) groups is 1. The Hall–Kier alpha value is -0.970. The van der Waals surface area contributed by atoms with Gasteiger partial charge in [0.15, 0.2) is 0 Å². The number of alkyl halides is 3. The van der Waals surface area contributed by atoms with Gasteiger partial charge >= 0.3 is 5.97 Å². The van der Waals surface area contributed by atoms with Crippen LogP contribution in [0.25, 0.3) is 0 Å². The molecular weight excluding hydrogens is 300 g/mol. The summed E-state index contributed by atoms with van der Waals surface area (Å²) in [6.45, 7) is -0.0489. The second-order valence-electron chi connectivity index (χ2n) is 3.20. The van der Waals surface area contributed by atoms with Crippen molar-refractivity contribution in [1.29, 1.82) is 0 Å². The normalized spacial score (nSPS) is 10.8. The Morgan fingerprint density at radius 3 is 2.67 bits per heavy atom. The largest absolute Gasteiger partial charge is 0.424 e. The zero-order chi connectivity index (χ0) is 13.6. The Balaban J connectivity index is 2.88. The molecule has 0 amide bonds. The number of nitrogens with one attached hydrogen (secondary N) is 1. The maximum absolute atomic E-state index is 11.8. The number of anilines is 1. The summed E-state index contributed by atoms with van der Waals surface area (Å²) in [4.78, 5) is 22.0. The van der Waals surface area contributed by atoms with Crippen molar-refractivity contribution in [2.75, 3.05) is 17.7 Å². The Morgan fingerprint density at radius 2 is 2.06 bits per heavy atom. The van der Waals surface area contributed by atoms with Crippen LogP contribution in [-0.4, -0.2) is 29.2 Å². The number of ether oxygens (including phenoxy) is 1. The van der Waals surface area contributed by atoms with Crippen molar-refractivity contribution in [2.24, 2.45) is 0 Å². The van der Waals surface area contributed by atoms with Gasteiger partial charge in [-0.05, 0) is 12.1 Å². The average Bonchev–Trinajstić information content (AvgIpc) is 2.36. The minimum absolute atomic E-state index is 0.0489. The average molecular weight is 310 g/mol. The smallest absolute Gasteiger partial charge is 0.342 e. The van der Waals surface area contributed by atoms with Crippen LogP contribution in [-0.2, 0) is 9.53 Å². The van der Waals surface area contributed by atoms with Crippen LogP contribution in [0.5, 0.6) is 0 Å². The first-order chi connectivity index (χ1) is 8.50. The van der Waals surface area contributed by atoms with Gasteiger partial charge in [-0.25, -0.2) is 4.79 Å². The summed E-state index contributed by atoms with van der Waals surface area (Å²) in [5.74, 6) is -1.01. The fraction of sp³-hybridized carbons (Fsp3) is 0.273. The number of carbonyl (C=O) groups excluding carboxylic acids is 2. The predicted octanol–water partition coefficient (Wildman–Crippen LogP) is 2.74. The summed E-state index contributed by atoms with van der Waals surface area (Å²) in [6, 6.07) is 6.45. The molecule has 18 heavy (non-hydrogen) atoms. The highest BCUT2D eigenvalue weighted by atomic mass is 35.5. The van der Waals surface area contributed by atoms with Crippen molar-refractivity contribution in [2.45, 2.75) is 4.52 Å². The molecule has 0 fully saturated rings. The Kier molecular flexibility index (Phi) is 5.72. The van der Waals surface area contributed by atoms with Crippen LogP contribution in [0.15, 0.2) is 24.3 Å². The minimum Gasteiger partial charge on any atom is -0.424 e. The zero-order valence-corrected chi connectivity index (χ0v) is 11.4. The molecule has 0 aromatic heterocycles. The maximum Gasteiger partial charge on any atom is 0.342 e. The molecule has 0 saturated heterocycles. The van der Waals surface area contributed by atoms with E-state index in [1.165, 1.54) is 6.07 Å². The molecule has 4 nitrogen and oxygen atoms in total. The number of hydrogen-bond acceptors (Lipinski definition) is 4. The van der Waals surface area contributed by atoms with Crippen LogP contribution < -0.4 is 5.32 Å². The van der Waals surface area contributed by atoms with Crippen molar-refractivity contribution in [3.8, 4) is 0 Å². The first kappa shape index (κ1) is 15.1. The molecule has 0 aliphatic rings. The number of benzene rings is 1. The molecule has 0 aliphatic carbocycles. The van der Waals surface area contributed by atoms with E-state index in [0.29, 0.717) is 5.69 Å². The molecule has 0 spiro atoms. The molecule has 7 heteroatoms. The number of halogens is 3. The molecule has 1 radical (unpaired) electrons. The van der Waals surface area contributed by atoms with Gasteiger partial charge in [-0.15, -0.1) is 11.6 Å². The van der Waals surface area contributed by atoms with E-state index in [2.05, 4.69) is 5.32 Å². The summed E-state index contributed by atoms with van der Waals surface area (Å²) in [6.07, 6.45) is 1.66. The Bertz CT molecular complexity index is 437. The van der Waals surface area contributed by atoms with Gasteiger partial charge in [0.2, 0.25) is 6.29 Å². The van der Waals surface area contributed by atoms with E-state index in [-0.39, 0.29) is 18.0 Å². The summed E-state index contributed by atoms with van der Waals surface area (Å²) < 4.78 is 3.03. The van der Waals surface area contributed by atoms with Crippen LogP contribution in [0.1, 0.15) is 10.4 Å². The maximum atomic E-state index is 11.8. The summed E-state index contributed by atoms with van der Waals surface area (Å²) in [5.41, 5.74) is 0.619. The molecule has 0 heterocycles. The fourth-order valence-corrected chi connectivity index (χ4v) is 1.36. The molecule has 0 saturated carbocycles. The van der Waals surface area contributed by atoms with Crippen LogP contribution in [0.3, 0.4) is 0 Å². The SMILES string of the molecule is O=[C]CNc1ccccc1C(=O)OC(Cl)(Cl)CCl. The van der Waals surface area contributed by atoms with Gasteiger partial charge in [0, 0.05) is 5.69 Å². The third-order valence-corrected chi connectivity index (χ3v) is 2.97. The van der Waals surface area contributed by atoms with E-state index in [1.54, 1.807) is 24.5 Å². The number of esters is 1. The lowest BCUT2D eigenvalue weighted by Gasteiger charge is -2.18. The van der Waals surface area contributed by atoms with E-state index in [0.717, 1.165) is 0 Å². The van der Waals surface area contributed by atoms with E-state index in [1.807, 2.05) is 0 Å². The molecule has 1 aromatic rings. The van der Waals surface area contributed by atoms with E-state index < -0.39 is 10.5 Å². The van der Waals surface area contributed by atoms with Crippen molar-refractivity contribution >= 4 is 52.7 Å². The van der Waals surface area contributed by atoms with Gasteiger partial charge in [0.25, 0.3) is 4.52 Å². The van der Waals surface area contributed by atoms with Gasteiger partial charge in [-0.2, -0.15) is 0 Å². The lowest BCUT2D eigenvalue weighted by atomic mass is 10.2.